The molecular formula is C15H12N4S. The van der Waals surface area contributed by atoms with Gasteiger partial charge in [-0.2, -0.15) is 5.26 Å². The van der Waals surface area contributed by atoms with E-state index in [1.165, 1.54) is 0 Å². The highest BCUT2D eigenvalue weighted by atomic mass is 32.1. The second-order valence-electron chi connectivity index (χ2n) is 4.63. The summed E-state index contributed by atoms with van der Waals surface area (Å²) in [6.07, 6.45) is 0. The number of nitriles is 1. The molecule has 2 heterocycles. The van der Waals surface area contributed by atoms with Crippen molar-refractivity contribution < 1.29 is 0 Å². The molecule has 0 radical (unpaired) electrons. The molecule has 0 unspecified atom stereocenters. The summed E-state index contributed by atoms with van der Waals surface area (Å²) in [4.78, 5) is 7.65. The van der Waals surface area contributed by atoms with Crippen molar-refractivity contribution in [3.05, 3.63) is 58.1 Å². The third-order valence-electron chi connectivity index (χ3n) is 3.17. The van der Waals surface area contributed by atoms with Gasteiger partial charge in [0.15, 0.2) is 4.77 Å². The van der Waals surface area contributed by atoms with E-state index in [0.717, 1.165) is 22.4 Å². The van der Waals surface area contributed by atoms with Crippen LogP contribution in [-0.2, 0) is 6.54 Å². The van der Waals surface area contributed by atoms with E-state index >= 15 is 0 Å². The van der Waals surface area contributed by atoms with Crippen molar-refractivity contribution in [2.75, 3.05) is 0 Å². The van der Waals surface area contributed by atoms with Gasteiger partial charge in [-0.1, -0.05) is 6.07 Å². The molecule has 5 heteroatoms. The quantitative estimate of drug-likeness (QED) is 0.733. The number of fused-ring (bicyclic) bond motifs is 1. The van der Waals surface area contributed by atoms with Crippen LogP contribution >= 0.6 is 12.2 Å². The Labute approximate surface area is 121 Å². The summed E-state index contributed by atoms with van der Waals surface area (Å²) in [7, 11) is 0. The van der Waals surface area contributed by atoms with Crippen LogP contribution in [0, 0.1) is 23.0 Å². The number of aryl methyl sites for hydroxylation is 1. The van der Waals surface area contributed by atoms with Crippen LogP contribution in [0.5, 0.6) is 0 Å². The van der Waals surface area contributed by atoms with Gasteiger partial charge < -0.3 is 9.55 Å². The summed E-state index contributed by atoms with van der Waals surface area (Å²) in [5.74, 6) is 0. The molecule has 3 aromatic rings. The molecule has 0 amide bonds. The first-order chi connectivity index (χ1) is 9.67. The lowest BCUT2D eigenvalue weighted by Gasteiger charge is -2.05. The summed E-state index contributed by atoms with van der Waals surface area (Å²) in [6.45, 7) is 2.56. The van der Waals surface area contributed by atoms with Gasteiger partial charge in [-0.15, -0.1) is 0 Å². The fraction of sp³-hybridized carbons (Fsp3) is 0.133. The van der Waals surface area contributed by atoms with Gasteiger partial charge in [-0.05, 0) is 49.5 Å². The van der Waals surface area contributed by atoms with Gasteiger partial charge in [-0.25, -0.2) is 0 Å². The minimum atomic E-state index is 0.593. The van der Waals surface area contributed by atoms with Crippen LogP contribution in [0.4, 0.5) is 0 Å². The highest BCUT2D eigenvalue weighted by Gasteiger charge is 2.07. The lowest BCUT2D eigenvalue weighted by Crippen LogP contribution is -2.02. The van der Waals surface area contributed by atoms with Gasteiger partial charge in [-0.3, -0.25) is 4.98 Å². The highest BCUT2D eigenvalue weighted by molar-refractivity contribution is 7.71. The average Bonchev–Trinajstić information content (AvgIpc) is 2.74. The van der Waals surface area contributed by atoms with Crippen molar-refractivity contribution >= 4 is 23.3 Å². The predicted molar refractivity (Wildman–Crippen MR) is 79.9 cm³/mol. The average molecular weight is 280 g/mol. The van der Waals surface area contributed by atoms with Crippen molar-refractivity contribution in [1.29, 1.82) is 5.26 Å². The molecule has 0 spiro atoms. The van der Waals surface area contributed by atoms with Crippen LogP contribution in [-0.4, -0.2) is 14.5 Å². The normalized spacial score (nSPS) is 10.6. The molecule has 0 atom stereocenters. The fourth-order valence-electron chi connectivity index (χ4n) is 2.23. The Hall–Kier alpha value is -2.45. The number of hydrogen-bond donors (Lipinski definition) is 1. The first kappa shape index (κ1) is 12.6. The topological polar surface area (TPSA) is 57.4 Å². The Bertz CT molecular complexity index is 883. The summed E-state index contributed by atoms with van der Waals surface area (Å²) < 4.78 is 2.60. The lowest BCUT2D eigenvalue weighted by molar-refractivity contribution is 0.781. The first-order valence-corrected chi connectivity index (χ1v) is 6.63. The van der Waals surface area contributed by atoms with Gasteiger partial charge >= 0.3 is 0 Å². The number of benzene rings is 1. The van der Waals surface area contributed by atoms with Crippen LogP contribution in [0.2, 0.25) is 0 Å². The molecule has 20 heavy (non-hydrogen) atoms. The van der Waals surface area contributed by atoms with Crippen molar-refractivity contribution in [2.45, 2.75) is 13.5 Å². The Morgan fingerprint density at radius 3 is 2.95 bits per heavy atom. The van der Waals surface area contributed by atoms with Gasteiger partial charge in [0.05, 0.1) is 34.9 Å². The Kier molecular flexibility index (Phi) is 3.09. The van der Waals surface area contributed by atoms with Gasteiger partial charge in [0.1, 0.15) is 0 Å². The number of imidazole rings is 1. The Morgan fingerprint density at radius 1 is 1.35 bits per heavy atom. The highest BCUT2D eigenvalue weighted by Crippen LogP contribution is 2.17. The monoisotopic (exact) mass is 280 g/mol. The maximum absolute atomic E-state index is 9.01. The van der Waals surface area contributed by atoms with Crippen molar-refractivity contribution in [3.63, 3.8) is 0 Å². The SMILES string of the molecule is Cc1cccc(Cn2c(=S)[nH]c3ccc(C#N)cc32)n1. The van der Waals surface area contributed by atoms with E-state index in [1.807, 2.05) is 41.8 Å². The largest absolute Gasteiger partial charge is 0.331 e. The van der Waals surface area contributed by atoms with Gasteiger partial charge in [0.2, 0.25) is 0 Å². The molecule has 3 rings (SSSR count). The Morgan fingerprint density at radius 2 is 2.20 bits per heavy atom. The van der Waals surface area contributed by atoms with Crippen LogP contribution in [0.15, 0.2) is 36.4 Å². The summed E-state index contributed by atoms with van der Waals surface area (Å²) >= 11 is 5.36. The number of nitrogens with one attached hydrogen (secondary N) is 1. The first-order valence-electron chi connectivity index (χ1n) is 6.22. The van der Waals surface area contributed by atoms with Crippen molar-refractivity contribution in [3.8, 4) is 6.07 Å². The molecule has 0 aliphatic rings. The summed E-state index contributed by atoms with van der Waals surface area (Å²) in [5, 5.41) is 9.01. The van der Waals surface area contributed by atoms with E-state index in [-0.39, 0.29) is 0 Å². The number of hydrogen-bond acceptors (Lipinski definition) is 3. The molecule has 0 aliphatic carbocycles. The molecule has 1 N–H and O–H groups in total. The maximum atomic E-state index is 9.01. The van der Waals surface area contributed by atoms with Crippen LogP contribution in [0.3, 0.4) is 0 Å². The minimum Gasteiger partial charge on any atom is -0.331 e. The second kappa shape index (κ2) is 4.91. The number of H-pyrrole nitrogens is 1. The van der Waals surface area contributed by atoms with Crippen LogP contribution in [0.25, 0.3) is 11.0 Å². The van der Waals surface area contributed by atoms with E-state index in [4.69, 9.17) is 17.5 Å². The number of rotatable bonds is 2. The minimum absolute atomic E-state index is 0.593. The molecule has 98 valence electrons. The molecular weight excluding hydrogens is 268 g/mol. The third-order valence-corrected chi connectivity index (χ3v) is 3.49. The van der Waals surface area contributed by atoms with Crippen LogP contribution < -0.4 is 0 Å². The molecule has 0 saturated carbocycles. The summed E-state index contributed by atoms with van der Waals surface area (Å²) in [5.41, 5.74) is 4.41. The zero-order valence-corrected chi connectivity index (χ0v) is 11.7. The lowest BCUT2D eigenvalue weighted by atomic mass is 10.2. The standard InChI is InChI=1S/C15H12N4S/c1-10-3-2-4-12(17-10)9-19-14-7-11(8-16)5-6-13(14)18-15(19)20/h2-7H,9H2,1H3,(H,18,20). The fourth-order valence-corrected chi connectivity index (χ4v) is 2.50. The maximum Gasteiger partial charge on any atom is 0.178 e. The number of pyridine rings is 1. The molecule has 4 nitrogen and oxygen atoms in total. The van der Waals surface area contributed by atoms with Crippen molar-refractivity contribution in [2.24, 2.45) is 0 Å². The van der Waals surface area contributed by atoms with E-state index in [2.05, 4.69) is 16.0 Å². The van der Waals surface area contributed by atoms with E-state index in [1.54, 1.807) is 6.07 Å². The van der Waals surface area contributed by atoms with E-state index in [0.29, 0.717) is 16.9 Å². The third kappa shape index (κ3) is 2.22. The van der Waals surface area contributed by atoms with Crippen LogP contribution in [0.1, 0.15) is 17.0 Å². The molecule has 0 saturated heterocycles. The van der Waals surface area contributed by atoms with E-state index in [9.17, 15) is 0 Å². The smallest absolute Gasteiger partial charge is 0.178 e. The van der Waals surface area contributed by atoms with Crippen molar-refractivity contribution in [1.82, 2.24) is 14.5 Å². The molecule has 2 aromatic heterocycles. The van der Waals surface area contributed by atoms with Gasteiger partial charge in [0.25, 0.3) is 0 Å². The zero-order chi connectivity index (χ0) is 14.1. The molecule has 0 aliphatic heterocycles. The van der Waals surface area contributed by atoms with E-state index < -0.39 is 0 Å². The van der Waals surface area contributed by atoms with Gasteiger partial charge in [0, 0.05) is 5.69 Å². The second-order valence-corrected chi connectivity index (χ2v) is 5.02. The number of aromatic amines is 1. The number of aromatic nitrogens is 3. The molecule has 0 bridgehead atoms. The predicted octanol–water partition coefficient (Wildman–Crippen LogP) is 3.32. The molecule has 0 fully saturated rings. The Balaban J connectivity index is 2.13. The molecule has 1 aromatic carbocycles. The number of nitrogens with zero attached hydrogens (tertiary/aromatic N) is 3. The zero-order valence-electron chi connectivity index (χ0n) is 10.9. The summed E-state index contributed by atoms with van der Waals surface area (Å²) in [6, 6.07) is 13.6.